The Balaban J connectivity index is 1.78. The molecule has 124 valence electrons. The van der Waals surface area contributed by atoms with Crippen molar-refractivity contribution in [1.82, 2.24) is 10.2 Å². The van der Waals surface area contributed by atoms with E-state index in [1.54, 1.807) is 18.4 Å². The topological polar surface area (TPSA) is 65.7 Å². The molecule has 1 amide bonds. The number of rotatable bonds is 5. The Morgan fingerprint density at radius 2 is 1.88 bits per heavy atom. The van der Waals surface area contributed by atoms with Crippen LogP contribution in [0.1, 0.15) is 22.2 Å². The van der Waals surface area contributed by atoms with Gasteiger partial charge in [0.2, 0.25) is 0 Å². The summed E-state index contributed by atoms with van der Waals surface area (Å²) in [6, 6.07) is 14.6. The van der Waals surface area contributed by atoms with Gasteiger partial charge in [0.25, 0.3) is 5.91 Å². The van der Waals surface area contributed by atoms with E-state index in [1.165, 1.54) is 0 Å². The quantitative estimate of drug-likeness (QED) is 0.756. The SMILES string of the molecule is CN(C)[C@@H](CNC(=O)c1cc2ccccc2cc1O)c1ccco1. The molecular weight excluding hydrogens is 304 g/mol. The number of likely N-dealkylation sites (N-methyl/N-ethyl adjacent to an activating group) is 1. The van der Waals surface area contributed by atoms with E-state index in [4.69, 9.17) is 4.42 Å². The van der Waals surface area contributed by atoms with Crippen LogP contribution < -0.4 is 5.32 Å². The molecule has 3 aromatic rings. The predicted octanol–water partition coefficient (Wildman–Crippen LogP) is 3.17. The highest BCUT2D eigenvalue weighted by atomic mass is 16.3. The lowest BCUT2D eigenvalue weighted by molar-refractivity contribution is 0.0936. The van der Waals surface area contributed by atoms with Gasteiger partial charge in [0.05, 0.1) is 17.9 Å². The van der Waals surface area contributed by atoms with Crippen molar-refractivity contribution in [2.45, 2.75) is 6.04 Å². The van der Waals surface area contributed by atoms with Gasteiger partial charge in [-0.05, 0) is 49.1 Å². The van der Waals surface area contributed by atoms with E-state index >= 15 is 0 Å². The first-order chi connectivity index (χ1) is 11.6. The molecule has 0 unspecified atom stereocenters. The molecule has 0 radical (unpaired) electrons. The summed E-state index contributed by atoms with van der Waals surface area (Å²) in [6.07, 6.45) is 1.61. The molecule has 24 heavy (non-hydrogen) atoms. The van der Waals surface area contributed by atoms with E-state index < -0.39 is 0 Å². The first kappa shape index (κ1) is 16.1. The van der Waals surface area contributed by atoms with Crippen LogP contribution in [0, 0.1) is 0 Å². The Labute approximate surface area is 140 Å². The number of aromatic hydroxyl groups is 1. The number of benzene rings is 2. The third-order valence-corrected chi connectivity index (χ3v) is 4.06. The zero-order valence-corrected chi connectivity index (χ0v) is 13.7. The summed E-state index contributed by atoms with van der Waals surface area (Å²) < 4.78 is 5.43. The number of fused-ring (bicyclic) bond motifs is 1. The van der Waals surface area contributed by atoms with E-state index in [9.17, 15) is 9.90 Å². The van der Waals surface area contributed by atoms with E-state index in [0.717, 1.165) is 16.5 Å². The van der Waals surface area contributed by atoms with Gasteiger partial charge < -0.3 is 14.8 Å². The Morgan fingerprint density at radius 1 is 1.17 bits per heavy atom. The van der Waals surface area contributed by atoms with Crippen molar-refractivity contribution >= 4 is 16.7 Å². The van der Waals surface area contributed by atoms with Crippen molar-refractivity contribution in [2.75, 3.05) is 20.6 Å². The summed E-state index contributed by atoms with van der Waals surface area (Å²) in [5.41, 5.74) is 0.269. The third kappa shape index (κ3) is 3.26. The van der Waals surface area contributed by atoms with Crippen LogP contribution in [0.25, 0.3) is 10.8 Å². The first-order valence-corrected chi connectivity index (χ1v) is 7.76. The number of carbonyl (C=O) groups is 1. The zero-order valence-electron chi connectivity index (χ0n) is 13.7. The summed E-state index contributed by atoms with van der Waals surface area (Å²) in [6.45, 7) is 0.381. The maximum Gasteiger partial charge on any atom is 0.255 e. The number of carbonyl (C=O) groups excluding carboxylic acids is 1. The minimum Gasteiger partial charge on any atom is -0.507 e. The number of furan rings is 1. The highest BCUT2D eigenvalue weighted by molar-refractivity contribution is 6.01. The van der Waals surface area contributed by atoms with Gasteiger partial charge in [-0.3, -0.25) is 9.69 Å². The van der Waals surface area contributed by atoms with Gasteiger partial charge in [0.15, 0.2) is 0 Å². The van der Waals surface area contributed by atoms with Crippen molar-refractivity contribution in [3.63, 3.8) is 0 Å². The maximum absolute atomic E-state index is 12.5. The molecule has 2 N–H and O–H groups in total. The van der Waals surface area contributed by atoms with Crippen LogP contribution in [0.15, 0.2) is 59.2 Å². The van der Waals surface area contributed by atoms with E-state index in [2.05, 4.69) is 5.32 Å². The van der Waals surface area contributed by atoms with Crippen LogP contribution in [-0.2, 0) is 0 Å². The Morgan fingerprint density at radius 3 is 2.50 bits per heavy atom. The molecule has 0 aliphatic carbocycles. The number of hydrogen-bond donors (Lipinski definition) is 2. The molecule has 0 aliphatic rings. The molecule has 5 nitrogen and oxygen atoms in total. The number of phenolic OH excluding ortho intramolecular Hbond substituents is 1. The van der Waals surface area contributed by atoms with Crippen LogP contribution in [0.3, 0.4) is 0 Å². The van der Waals surface area contributed by atoms with Gasteiger partial charge >= 0.3 is 0 Å². The molecule has 0 bridgehead atoms. The van der Waals surface area contributed by atoms with E-state index in [1.807, 2.05) is 55.4 Å². The Kier molecular flexibility index (Phi) is 4.53. The summed E-state index contributed by atoms with van der Waals surface area (Å²) in [5, 5.41) is 14.8. The molecular formula is C19H20N2O3. The smallest absolute Gasteiger partial charge is 0.255 e. The Hall–Kier alpha value is -2.79. The molecule has 1 atom stereocenters. The fourth-order valence-corrected chi connectivity index (χ4v) is 2.71. The van der Waals surface area contributed by atoms with Gasteiger partial charge in [0, 0.05) is 6.54 Å². The highest BCUT2D eigenvalue weighted by Crippen LogP contribution is 2.25. The van der Waals surface area contributed by atoms with Gasteiger partial charge in [-0.1, -0.05) is 24.3 Å². The average molecular weight is 324 g/mol. The molecule has 0 fully saturated rings. The third-order valence-electron chi connectivity index (χ3n) is 4.06. The fourth-order valence-electron chi connectivity index (χ4n) is 2.71. The predicted molar refractivity (Wildman–Crippen MR) is 93.1 cm³/mol. The average Bonchev–Trinajstić information content (AvgIpc) is 3.08. The van der Waals surface area contributed by atoms with E-state index in [0.29, 0.717) is 6.54 Å². The highest BCUT2D eigenvalue weighted by Gasteiger charge is 2.19. The molecule has 3 rings (SSSR count). The van der Waals surface area contributed by atoms with E-state index in [-0.39, 0.29) is 23.3 Å². The van der Waals surface area contributed by atoms with Crippen molar-refractivity contribution in [2.24, 2.45) is 0 Å². The summed E-state index contributed by atoms with van der Waals surface area (Å²) in [4.78, 5) is 14.5. The number of phenols is 1. The van der Waals surface area contributed by atoms with Crippen molar-refractivity contribution in [3.8, 4) is 5.75 Å². The van der Waals surface area contributed by atoms with Crippen LogP contribution in [0.5, 0.6) is 5.75 Å². The lowest BCUT2D eigenvalue weighted by atomic mass is 10.1. The number of nitrogens with zero attached hydrogens (tertiary/aromatic N) is 1. The molecule has 1 heterocycles. The second kappa shape index (κ2) is 6.76. The van der Waals surface area contributed by atoms with Crippen LogP contribution in [0.2, 0.25) is 0 Å². The first-order valence-electron chi connectivity index (χ1n) is 7.76. The maximum atomic E-state index is 12.5. The van der Waals surface area contributed by atoms with Gasteiger partial charge in [-0.15, -0.1) is 0 Å². The number of amides is 1. The number of hydrogen-bond acceptors (Lipinski definition) is 4. The molecule has 2 aromatic carbocycles. The molecule has 1 aromatic heterocycles. The molecule has 0 saturated carbocycles. The number of nitrogens with one attached hydrogen (secondary N) is 1. The normalized spacial score (nSPS) is 12.5. The van der Waals surface area contributed by atoms with Gasteiger partial charge in [0.1, 0.15) is 11.5 Å². The fraction of sp³-hybridized carbons (Fsp3) is 0.211. The Bertz CT molecular complexity index is 841. The summed E-state index contributed by atoms with van der Waals surface area (Å²) in [7, 11) is 3.85. The standard InChI is InChI=1S/C19H20N2O3/c1-21(2)16(18-8-5-9-24-18)12-20-19(23)15-10-13-6-3-4-7-14(13)11-17(15)22/h3-11,16,22H,12H2,1-2H3,(H,20,23)/t16-/m0/s1. The minimum absolute atomic E-state index is 0.0226. The zero-order chi connectivity index (χ0) is 17.1. The lowest BCUT2D eigenvalue weighted by Gasteiger charge is -2.22. The van der Waals surface area contributed by atoms with Crippen molar-refractivity contribution in [3.05, 3.63) is 66.1 Å². The lowest BCUT2D eigenvalue weighted by Crippen LogP contribution is -2.34. The largest absolute Gasteiger partial charge is 0.507 e. The summed E-state index contributed by atoms with van der Waals surface area (Å²) >= 11 is 0. The van der Waals surface area contributed by atoms with Crippen molar-refractivity contribution in [1.29, 1.82) is 0 Å². The summed E-state index contributed by atoms with van der Waals surface area (Å²) in [5.74, 6) is 0.449. The molecule has 5 heteroatoms. The molecule has 0 aliphatic heterocycles. The monoisotopic (exact) mass is 324 g/mol. The molecule has 0 saturated heterocycles. The van der Waals surface area contributed by atoms with Gasteiger partial charge in [-0.25, -0.2) is 0 Å². The van der Waals surface area contributed by atoms with Crippen LogP contribution in [-0.4, -0.2) is 36.6 Å². The minimum atomic E-state index is -0.309. The van der Waals surface area contributed by atoms with Crippen LogP contribution >= 0.6 is 0 Å². The van der Waals surface area contributed by atoms with Crippen LogP contribution in [0.4, 0.5) is 0 Å². The molecule has 0 spiro atoms. The second-order valence-electron chi connectivity index (χ2n) is 5.92. The van der Waals surface area contributed by atoms with Crippen molar-refractivity contribution < 1.29 is 14.3 Å². The second-order valence-corrected chi connectivity index (χ2v) is 5.92. The van der Waals surface area contributed by atoms with Gasteiger partial charge in [-0.2, -0.15) is 0 Å².